The molecule has 21 heavy (non-hydrogen) atoms. The summed E-state index contributed by atoms with van der Waals surface area (Å²) in [7, 11) is 2.24. The van der Waals surface area contributed by atoms with Crippen molar-refractivity contribution >= 4 is 0 Å². The first-order chi connectivity index (χ1) is 10.2. The molecule has 2 aliphatic rings. The van der Waals surface area contributed by atoms with Crippen molar-refractivity contribution in [2.75, 3.05) is 7.05 Å². The van der Waals surface area contributed by atoms with Crippen molar-refractivity contribution in [1.82, 2.24) is 4.90 Å². The fourth-order valence-corrected chi connectivity index (χ4v) is 4.38. The molecule has 0 spiro atoms. The molecule has 0 saturated heterocycles. The third-order valence-electron chi connectivity index (χ3n) is 5.73. The Bertz CT molecular complexity index is 464. The molecular weight excluding hydrogens is 258 g/mol. The van der Waals surface area contributed by atoms with E-state index in [4.69, 9.17) is 0 Å². The Kier molecular flexibility index (Phi) is 4.66. The van der Waals surface area contributed by atoms with Crippen LogP contribution in [0.3, 0.4) is 0 Å². The maximum absolute atomic E-state index is 10.9. The third-order valence-corrected chi connectivity index (χ3v) is 5.73. The van der Waals surface area contributed by atoms with Gasteiger partial charge in [-0.1, -0.05) is 56.9 Å². The highest BCUT2D eigenvalue weighted by atomic mass is 16.3. The zero-order valence-corrected chi connectivity index (χ0v) is 13.5. The first kappa shape index (κ1) is 15.1. The quantitative estimate of drug-likeness (QED) is 0.822. The SMILES string of the molecule is CC1CC(N(C)C2CCCCCC2)C(O)c2ccccc21. The van der Waals surface area contributed by atoms with Crippen molar-refractivity contribution in [3.05, 3.63) is 35.4 Å². The molecule has 0 aromatic heterocycles. The number of benzene rings is 1. The van der Waals surface area contributed by atoms with Gasteiger partial charge in [-0.25, -0.2) is 0 Å². The van der Waals surface area contributed by atoms with Crippen LogP contribution in [-0.2, 0) is 0 Å². The Morgan fingerprint density at radius 3 is 2.29 bits per heavy atom. The van der Waals surface area contributed by atoms with Crippen molar-refractivity contribution in [3.8, 4) is 0 Å². The summed E-state index contributed by atoms with van der Waals surface area (Å²) >= 11 is 0. The molecule has 2 nitrogen and oxygen atoms in total. The van der Waals surface area contributed by atoms with Gasteiger partial charge in [0.05, 0.1) is 6.10 Å². The summed E-state index contributed by atoms with van der Waals surface area (Å²) in [6.45, 7) is 2.30. The molecule has 1 saturated carbocycles. The summed E-state index contributed by atoms with van der Waals surface area (Å²) in [4.78, 5) is 2.50. The Morgan fingerprint density at radius 2 is 1.62 bits per heavy atom. The number of likely N-dealkylation sites (N-methyl/N-ethyl adjacent to an activating group) is 1. The topological polar surface area (TPSA) is 23.5 Å². The summed E-state index contributed by atoms with van der Waals surface area (Å²) in [5, 5.41) is 10.9. The molecule has 0 heterocycles. The van der Waals surface area contributed by atoms with Gasteiger partial charge in [-0.15, -0.1) is 0 Å². The maximum atomic E-state index is 10.9. The Balaban J connectivity index is 1.79. The van der Waals surface area contributed by atoms with Crippen LogP contribution in [0.25, 0.3) is 0 Å². The minimum absolute atomic E-state index is 0.276. The Labute approximate surface area is 129 Å². The highest BCUT2D eigenvalue weighted by Crippen LogP contribution is 2.40. The lowest BCUT2D eigenvalue weighted by Crippen LogP contribution is -2.46. The lowest BCUT2D eigenvalue weighted by molar-refractivity contribution is 0.0196. The van der Waals surface area contributed by atoms with E-state index in [2.05, 4.69) is 43.1 Å². The van der Waals surface area contributed by atoms with Crippen molar-refractivity contribution in [3.63, 3.8) is 0 Å². The highest BCUT2D eigenvalue weighted by Gasteiger charge is 2.36. The van der Waals surface area contributed by atoms with Crippen molar-refractivity contribution in [2.24, 2.45) is 0 Å². The number of aliphatic hydroxyl groups excluding tert-OH is 1. The Morgan fingerprint density at radius 1 is 1.00 bits per heavy atom. The lowest BCUT2D eigenvalue weighted by Gasteiger charge is -2.42. The molecule has 0 amide bonds. The fraction of sp³-hybridized carbons (Fsp3) is 0.684. The lowest BCUT2D eigenvalue weighted by atomic mass is 9.78. The van der Waals surface area contributed by atoms with Gasteiger partial charge in [0.1, 0.15) is 0 Å². The molecule has 3 rings (SSSR count). The average Bonchev–Trinajstić information content (AvgIpc) is 2.79. The van der Waals surface area contributed by atoms with Crippen molar-refractivity contribution < 1.29 is 5.11 Å². The predicted molar refractivity (Wildman–Crippen MR) is 87.5 cm³/mol. The van der Waals surface area contributed by atoms with Gasteiger partial charge in [0.2, 0.25) is 0 Å². The first-order valence-corrected chi connectivity index (χ1v) is 8.67. The van der Waals surface area contributed by atoms with Crippen LogP contribution in [0, 0.1) is 0 Å². The van der Waals surface area contributed by atoms with Crippen molar-refractivity contribution in [1.29, 1.82) is 0 Å². The highest BCUT2D eigenvalue weighted by molar-refractivity contribution is 5.35. The molecule has 1 N–H and O–H groups in total. The van der Waals surface area contributed by atoms with Gasteiger partial charge in [0.15, 0.2) is 0 Å². The molecule has 0 bridgehead atoms. The van der Waals surface area contributed by atoms with Crippen LogP contribution in [0.15, 0.2) is 24.3 Å². The van der Waals surface area contributed by atoms with Gasteiger partial charge in [0.25, 0.3) is 0 Å². The third kappa shape index (κ3) is 3.02. The molecule has 2 aliphatic carbocycles. The van der Waals surface area contributed by atoms with E-state index >= 15 is 0 Å². The number of nitrogens with zero attached hydrogens (tertiary/aromatic N) is 1. The minimum Gasteiger partial charge on any atom is -0.387 e. The molecule has 116 valence electrons. The second-order valence-corrected chi connectivity index (χ2v) is 7.09. The molecule has 1 fully saturated rings. The van der Waals surface area contributed by atoms with Crippen LogP contribution < -0.4 is 0 Å². The van der Waals surface area contributed by atoms with E-state index in [0.717, 1.165) is 12.0 Å². The normalized spacial score (nSPS) is 31.0. The molecule has 0 aliphatic heterocycles. The Hall–Kier alpha value is -0.860. The van der Waals surface area contributed by atoms with E-state index in [1.54, 1.807) is 0 Å². The van der Waals surface area contributed by atoms with Crippen LogP contribution in [0.1, 0.15) is 75.0 Å². The second kappa shape index (κ2) is 6.50. The number of hydrogen-bond acceptors (Lipinski definition) is 2. The summed E-state index contributed by atoms with van der Waals surface area (Å²) in [6, 6.07) is 9.39. The zero-order chi connectivity index (χ0) is 14.8. The number of aliphatic hydroxyl groups is 1. The first-order valence-electron chi connectivity index (χ1n) is 8.67. The van der Waals surface area contributed by atoms with E-state index in [-0.39, 0.29) is 12.1 Å². The van der Waals surface area contributed by atoms with Crippen LogP contribution in [0.4, 0.5) is 0 Å². The fourth-order valence-electron chi connectivity index (χ4n) is 4.38. The summed E-state index contributed by atoms with van der Waals surface area (Å²) in [5.41, 5.74) is 2.50. The number of fused-ring (bicyclic) bond motifs is 1. The van der Waals surface area contributed by atoms with Crippen LogP contribution >= 0.6 is 0 Å². The number of hydrogen-bond donors (Lipinski definition) is 1. The average molecular weight is 287 g/mol. The van der Waals surface area contributed by atoms with Gasteiger partial charge in [0, 0.05) is 12.1 Å². The minimum atomic E-state index is -0.328. The number of rotatable bonds is 2. The molecule has 3 atom stereocenters. The van der Waals surface area contributed by atoms with Gasteiger partial charge in [-0.3, -0.25) is 4.90 Å². The molecule has 1 aromatic carbocycles. The predicted octanol–water partition coefficient (Wildman–Crippen LogP) is 4.25. The van der Waals surface area contributed by atoms with Crippen LogP contribution in [0.5, 0.6) is 0 Å². The summed E-state index contributed by atoms with van der Waals surface area (Å²) in [5.74, 6) is 0.544. The second-order valence-electron chi connectivity index (χ2n) is 7.09. The molecule has 2 heteroatoms. The van der Waals surface area contributed by atoms with E-state index in [1.165, 1.54) is 44.1 Å². The maximum Gasteiger partial charge on any atom is 0.0948 e. The van der Waals surface area contributed by atoms with Crippen LogP contribution in [0.2, 0.25) is 0 Å². The molecule has 1 aromatic rings. The van der Waals surface area contributed by atoms with Gasteiger partial charge >= 0.3 is 0 Å². The monoisotopic (exact) mass is 287 g/mol. The van der Waals surface area contributed by atoms with Crippen LogP contribution in [-0.4, -0.2) is 29.1 Å². The van der Waals surface area contributed by atoms with E-state index in [1.807, 2.05) is 0 Å². The van der Waals surface area contributed by atoms with E-state index in [0.29, 0.717) is 12.0 Å². The van der Waals surface area contributed by atoms with Gasteiger partial charge < -0.3 is 5.11 Å². The van der Waals surface area contributed by atoms with Crippen molar-refractivity contribution in [2.45, 2.75) is 76.0 Å². The largest absolute Gasteiger partial charge is 0.387 e. The molecule has 3 unspecified atom stereocenters. The summed E-state index contributed by atoms with van der Waals surface area (Å²) < 4.78 is 0. The standard InChI is InChI=1S/C19H29NO/c1-14-13-18(19(21)17-12-8-7-11-16(14)17)20(2)15-9-5-3-4-6-10-15/h7-8,11-12,14-15,18-19,21H,3-6,9-10,13H2,1-2H3. The van der Waals surface area contributed by atoms with E-state index < -0.39 is 0 Å². The molecule has 0 radical (unpaired) electrons. The van der Waals surface area contributed by atoms with Gasteiger partial charge in [-0.05, 0) is 43.4 Å². The van der Waals surface area contributed by atoms with E-state index in [9.17, 15) is 5.11 Å². The summed E-state index contributed by atoms with van der Waals surface area (Å²) in [6.07, 6.45) is 8.82. The van der Waals surface area contributed by atoms with Gasteiger partial charge in [-0.2, -0.15) is 0 Å². The molecular formula is C19H29NO. The zero-order valence-electron chi connectivity index (χ0n) is 13.5. The smallest absolute Gasteiger partial charge is 0.0948 e.